The van der Waals surface area contributed by atoms with Crippen molar-refractivity contribution in [2.75, 3.05) is 36.2 Å². The van der Waals surface area contributed by atoms with Crippen molar-refractivity contribution in [2.45, 2.75) is 6.42 Å². The molecule has 0 saturated heterocycles. The number of aromatic nitrogens is 1. The Balaban J connectivity index is 1.52. The fraction of sp³-hybridized carbons (Fsp3) is 0.182. The SMILES string of the molecule is CN(C)c1ccc(NC(=O)c2ccc(NCCc3ccccc3)nc2)cc1. The van der Waals surface area contributed by atoms with Crippen LogP contribution in [0.1, 0.15) is 15.9 Å². The standard InChI is InChI=1S/C22H24N4O/c1-26(2)20-11-9-19(10-12-20)25-22(27)18-8-13-21(24-16-18)23-15-14-17-6-4-3-5-7-17/h3-13,16H,14-15H2,1-2H3,(H,23,24)(H,25,27). The summed E-state index contributed by atoms with van der Waals surface area (Å²) in [5.74, 6) is 0.591. The van der Waals surface area contributed by atoms with Gasteiger partial charge in [0, 0.05) is 38.2 Å². The Morgan fingerprint density at radius 2 is 1.70 bits per heavy atom. The van der Waals surface area contributed by atoms with Gasteiger partial charge in [0.25, 0.3) is 5.91 Å². The highest BCUT2D eigenvalue weighted by Gasteiger charge is 2.07. The number of hydrogen-bond donors (Lipinski definition) is 2. The minimum absolute atomic E-state index is 0.170. The van der Waals surface area contributed by atoms with Gasteiger partial charge in [0.05, 0.1) is 5.56 Å². The second-order valence-electron chi connectivity index (χ2n) is 6.49. The highest BCUT2D eigenvalue weighted by atomic mass is 16.1. The third-order valence-electron chi connectivity index (χ3n) is 4.23. The first kappa shape index (κ1) is 18.5. The van der Waals surface area contributed by atoms with Gasteiger partial charge >= 0.3 is 0 Å². The molecule has 0 aliphatic heterocycles. The van der Waals surface area contributed by atoms with Crippen LogP contribution in [-0.2, 0) is 6.42 Å². The lowest BCUT2D eigenvalue weighted by molar-refractivity contribution is 0.102. The molecule has 0 aliphatic rings. The number of amides is 1. The first-order valence-corrected chi connectivity index (χ1v) is 8.94. The second-order valence-corrected chi connectivity index (χ2v) is 6.49. The maximum Gasteiger partial charge on any atom is 0.257 e. The van der Waals surface area contributed by atoms with E-state index >= 15 is 0 Å². The maximum absolute atomic E-state index is 12.4. The Morgan fingerprint density at radius 1 is 0.963 bits per heavy atom. The Morgan fingerprint density at radius 3 is 2.33 bits per heavy atom. The van der Waals surface area contributed by atoms with E-state index in [4.69, 9.17) is 0 Å². The van der Waals surface area contributed by atoms with E-state index in [-0.39, 0.29) is 5.91 Å². The van der Waals surface area contributed by atoms with Crippen LogP contribution in [-0.4, -0.2) is 31.5 Å². The molecule has 1 aromatic heterocycles. The monoisotopic (exact) mass is 360 g/mol. The number of benzene rings is 2. The van der Waals surface area contributed by atoms with E-state index in [1.165, 1.54) is 5.56 Å². The molecule has 2 N–H and O–H groups in total. The Bertz CT molecular complexity index is 859. The maximum atomic E-state index is 12.4. The quantitative estimate of drug-likeness (QED) is 0.667. The van der Waals surface area contributed by atoms with Gasteiger partial charge in [0.1, 0.15) is 5.82 Å². The van der Waals surface area contributed by atoms with Crippen molar-refractivity contribution < 1.29 is 4.79 Å². The summed E-state index contributed by atoms with van der Waals surface area (Å²) < 4.78 is 0. The molecule has 2 aromatic carbocycles. The zero-order valence-corrected chi connectivity index (χ0v) is 15.6. The summed E-state index contributed by atoms with van der Waals surface area (Å²) in [6, 6.07) is 21.6. The molecular weight excluding hydrogens is 336 g/mol. The van der Waals surface area contributed by atoms with E-state index < -0.39 is 0 Å². The van der Waals surface area contributed by atoms with Gasteiger partial charge in [-0.2, -0.15) is 0 Å². The highest BCUT2D eigenvalue weighted by Crippen LogP contribution is 2.16. The van der Waals surface area contributed by atoms with Crippen LogP contribution in [0, 0.1) is 0 Å². The van der Waals surface area contributed by atoms with Crippen molar-refractivity contribution in [1.82, 2.24) is 4.98 Å². The highest BCUT2D eigenvalue weighted by molar-refractivity contribution is 6.04. The lowest BCUT2D eigenvalue weighted by Crippen LogP contribution is -2.13. The molecule has 0 aliphatic carbocycles. The summed E-state index contributed by atoms with van der Waals surface area (Å²) in [4.78, 5) is 18.7. The molecule has 0 atom stereocenters. The molecule has 138 valence electrons. The molecule has 0 bridgehead atoms. The van der Waals surface area contributed by atoms with Crippen LogP contribution in [0.15, 0.2) is 72.9 Å². The summed E-state index contributed by atoms with van der Waals surface area (Å²) in [6.07, 6.45) is 2.52. The van der Waals surface area contributed by atoms with Crippen molar-refractivity contribution in [2.24, 2.45) is 0 Å². The van der Waals surface area contributed by atoms with E-state index in [9.17, 15) is 4.79 Å². The van der Waals surface area contributed by atoms with Crippen LogP contribution in [0.4, 0.5) is 17.2 Å². The normalized spacial score (nSPS) is 10.3. The summed E-state index contributed by atoms with van der Waals surface area (Å²) in [5, 5.41) is 6.17. The third-order valence-corrected chi connectivity index (χ3v) is 4.23. The topological polar surface area (TPSA) is 57.3 Å². The van der Waals surface area contributed by atoms with Gasteiger partial charge in [-0.15, -0.1) is 0 Å². The van der Waals surface area contributed by atoms with Crippen LogP contribution in [0.25, 0.3) is 0 Å². The Hall–Kier alpha value is -3.34. The van der Waals surface area contributed by atoms with Crippen molar-refractivity contribution in [1.29, 1.82) is 0 Å². The number of hydrogen-bond acceptors (Lipinski definition) is 4. The molecule has 3 aromatic rings. The number of anilines is 3. The molecule has 0 radical (unpaired) electrons. The minimum atomic E-state index is -0.170. The van der Waals surface area contributed by atoms with Gasteiger partial charge in [-0.3, -0.25) is 4.79 Å². The van der Waals surface area contributed by atoms with Gasteiger partial charge in [-0.1, -0.05) is 30.3 Å². The van der Waals surface area contributed by atoms with E-state index in [2.05, 4.69) is 27.8 Å². The molecule has 1 heterocycles. The number of nitrogens with one attached hydrogen (secondary N) is 2. The smallest absolute Gasteiger partial charge is 0.257 e. The van der Waals surface area contributed by atoms with Crippen LogP contribution in [0.2, 0.25) is 0 Å². The molecule has 3 rings (SSSR count). The predicted octanol–water partition coefficient (Wildman–Crippen LogP) is 4.05. The van der Waals surface area contributed by atoms with Gasteiger partial charge in [-0.05, 0) is 48.4 Å². The first-order valence-electron chi connectivity index (χ1n) is 8.94. The van der Waals surface area contributed by atoms with Crippen molar-refractivity contribution in [3.05, 3.63) is 84.1 Å². The largest absolute Gasteiger partial charge is 0.378 e. The molecule has 0 spiro atoms. The van der Waals surface area contributed by atoms with E-state index in [1.54, 1.807) is 12.3 Å². The van der Waals surface area contributed by atoms with E-state index in [1.807, 2.05) is 67.5 Å². The average molecular weight is 360 g/mol. The summed E-state index contributed by atoms with van der Waals surface area (Å²) in [6.45, 7) is 0.792. The van der Waals surface area contributed by atoms with Crippen molar-refractivity contribution in [3.8, 4) is 0 Å². The number of rotatable bonds is 7. The first-order chi connectivity index (χ1) is 13.1. The fourth-order valence-electron chi connectivity index (χ4n) is 2.66. The molecule has 0 unspecified atom stereocenters. The summed E-state index contributed by atoms with van der Waals surface area (Å²) in [7, 11) is 3.96. The zero-order valence-electron chi connectivity index (χ0n) is 15.6. The lowest BCUT2D eigenvalue weighted by Gasteiger charge is -2.13. The fourth-order valence-corrected chi connectivity index (χ4v) is 2.66. The zero-order chi connectivity index (χ0) is 19.1. The molecule has 1 amide bonds. The molecule has 0 saturated carbocycles. The molecule has 27 heavy (non-hydrogen) atoms. The lowest BCUT2D eigenvalue weighted by atomic mass is 10.1. The van der Waals surface area contributed by atoms with Crippen LogP contribution in [0.5, 0.6) is 0 Å². The summed E-state index contributed by atoms with van der Waals surface area (Å²) in [5.41, 5.74) is 3.65. The Kier molecular flexibility index (Phi) is 6.05. The number of nitrogens with zero attached hydrogens (tertiary/aromatic N) is 2. The molecule has 0 fully saturated rings. The van der Waals surface area contributed by atoms with Gasteiger partial charge in [0.15, 0.2) is 0 Å². The molecule has 5 nitrogen and oxygen atoms in total. The second kappa shape index (κ2) is 8.85. The van der Waals surface area contributed by atoms with Crippen LogP contribution in [0.3, 0.4) is 0 Å². The van der Waals surface area contributed by atoms with Gasteiger partial charge in [0.2, 0.25) is 0 Å². The van der Waals surface area contributed by atoms with Crippen molar-refractivity contribution >= 4 is 23.1 Å². The predicted molar refractivity (Wildman–Crippen MR) is 112 cm³/mol. The van der Waals surface area contributed by atoms with Crippen molar-refractivity contribution in [3.63, 3.8) is 0 Å². The number of pyridine rings is 1. The minimum Gasteiger partial charge on any atom is -0.378 e. The molecular formula is C22H24N4O. The number of carbonyl (C=O) groups is 1. The number of carbonyl (C=O) groups excluding carboxylic acids is 1. The third kappa shape index (κ3) is 5.31. The average Bonchev–Trinajstić information content (AvgIpc) is 2.70. The Labute approximate surface area is 160 Å². The van der Waals surface area contributed by atoms with Gasteiger partial charge < -0.3 is 15.5 Å². The van der Waals surface area contributed by atoms with Crippen LogP contribution >= 0.6 is 0 Å². The summed E-state index contributed by atoms with van der Waals surface area (Å²) >= 11 is 0. The van der Waals surface area contributed by atoms with Crippen LogP contribution < -0.4 is 15.5 Å². The molecule has 5 heteroatoms. The van der Waals surface area contributed by atoms with E-state index in [0.29, 0.717) is 5.56 Å². The van der Waals surface area contributed by atoms with Gasteiger partial charge in [-0.25, -0.2) is 4.98 Å². The van der Waals surface area contributed by atoms with E-state index in [0.717, 1.165) is 30.2 Å².